The fourth-order valence-corrected chi connectivity index (χ4v) is 1.92. The van der Waals surface area contributed by atoms with E-state index in [0.717, 1.165) is 0 Å². The number of halogens is 1. The van der Waals surface area contributed by atoms with Crippen LogP contribution in [0.5, 0.6) is 11.6 Å². The molecule has 0 N–H and O–H groups in total. The molecule has 3 aromatic rings. The van der Waals surface area contributed by atoms with E-state index in [1.165, 1.54) is 29.0 Å². The molecule has 8 nitrogen and oxygen atoms in total. The monoisotopic (exact) mass is 305 g/mol. The van der Waals surface area contributed by atoms with Crippen molar-refractivity contribution < 1.29 is 9.66 Å². The maximum absolute atomic E-state index is 10.8. The van der Waals surface area contributed by atoms with Crippen molar-refractivity contribution in [3.63, 3.8) is 0 Å². The number of benzene rings is 1. The van der Waals surface area contributed by atoms with Gasteiger partial charge in [0.2, 0.25) is 5.88 Å². The van der Waals surface area contributed by atoms with Gasteiger partial charge in [0.25, 0.3) is 11.5 Å². The highest BCUT2D eigenvalue weighted by Gasteiger charge is 2.15. The summed E-state index contributed by atoms with van der Waals surface area (Å²) in [5.74, 6) is 0.889. The Hall–Kier alpha value is -2.74. The summed E-state index contributed by atoms with van der Waals surface area (Å²) in [5.41, 5.74) is 0.487. The van der Waals surface area contributed by atoms with E-state index in [4.69, 9.17) is 16.3 Å². The first kappa shape index (κ1) is 13.3. The van der Waals surface area contributed by atoms with E-state index in [9.17, 15) is 10.1 Å². The summed E-state index contributed by atoms with van der Waals surface area (Å²) in [5, 5.41) is 15.0. The predicted octanol–water partition coefficient (Wildman–Crippen LogP) is 2.79. The minimum absolute atomic E-state index is 0.0693. The molecule has 2 heterocycles. The van der Waals surface area contributed by atoms with Gasteiger partial charge in [0.05, 0.1) is 11.0 Å². The minimum atomic E-state index is -0.496. The molecule has 0 saturated heterocycles. The summed E-state index contributed by atoms with van der Waals surface area (Å²) < 4.78 is 7.06. The standard InChI is InChI=1S/C12H8ClN5O3/c1-7-10(13)16-12-14-6-15-17(12)11(7)21-9-4-2-3-8(5-9)18(19)20/h2-6H,1H3. The number of hydrogen-bond acceptors (Lipinski definition) is 6. The number of fused-ring (bicyclic) bond motifs is 1. The molecule has 1 aromatic carbocycles. The number of aromatic nitrogens is 4. The lowest BCUT2D eigenvalue weighted by Crippen LogP contribution is -2.01. The molecule has 0 radical (unpaired) electrons. The normalized spacial score (nSPS) is 10.8. The van der Waals surface area contributed by atoms with Crippen molar-refractivity contribution in [2.24, 2.45) is 0 Å². The number of nitro groups is 1. The molecule has 0 spiro atoms. The zero-order valence-corrected chi connectivity index (χ0v) is 11.5. The predicted molar refractivity (Wildman–Crippen MR) is 73.7 cm³/mol. The van der Waals surface area contributed by atoms with Crippen molar-refractivity contribution in [1.29, 1.82) is 0 Å². The third-order valence-electron chi connectivity index (χ3n) is 2.79. The number of nitrogens with zero attached hydrogens (tertiary/aromatic N) is 5. The number of non-ortho nitro benzene ring substituents is 1. The lowest BCUT2D eigenvalue weighted by Gasteiger charge is -2.10. The average Bonchev–Trinajstić information content (AvgIpc) is 2.92. The quantitative estimate of drug-likeness (QED) is 0.419. The van der Waals surface area contributed by atoms with Crippen LogP contribution in [0.4, 0.5) is 5.69 Å². The zero-order valence-electron chi connectivity index (χ0n) is 10.7. The summed E-state index contributed by atoms with van der Waals surface area (Å²) in [6.45, 7) is 1.71. The van der Waals surface area contributed by atoms with E-state index in [1.54, 1.807) is 13.0 Å². The molecule has 0 aliphatic rings. The first-order valence-electron chi connectivity index (χ1n) is 5.84. The minimum Gasteiger partial charge on any atom is -0.438 e. The van der Waals surface area contributed by atoms with Crippen LogP contribution >= 0.6 is 11.6 Å². The molecule has 106 valence electrons. The van der Waals surface area contributed by atoms with Crippen molar-refractivity contribution in [2.45, 2.75) is 6.92 Å². The van der Waals surface area contributed by atoms with Gasteiger partial charge in [0.15, 0.2) is 0 Å². The van der Waals surface area contributed by atoms with Gasteiger partial charge in [0, 0.05) is 11.6 Å². The number of hydrogen-bond donors (Lipinski definition) is 0. The molecule has 2 aromatic heterocycles. The van der Waals surface area contributed by atoms with Gasteiger partial charge in [-0.15, -0.1) is 0 Å². The van der Waals surface area contributed by atoms with Crippen LogP contribution in [-0.4, -0.2) is 24.5 Å². The highest BCUT2D eigenvalue weighted by Crippen LogP contribution is 2.30. The summed E-state index contributed by atoms with van der Waals surface area (Å²) in [6.07, 6.45) is 1.32. The Labute approximate surface area is 123 Å². The molecule has 3 rings (SSSR count). The van der Waals surface area contributed by atoms with Crippen LogP contribution in [0.3, 0.4) is 0 Å². The van der Waals surface area contributed by atoms with Crippen LogP contribution in [0.15, 0.2) is 30.6 Å². The van der Waals surface area contributed by atoms with E-state index in [2.05, 4.69) is 15.1 Å². The molecule has 21 heavy (non-hydrogen) atoms. The van der Waals surface area contributed by atoms with E-state index >= 15 is 0 Å². The molecular weight excluding hydrogens is 298 g/mol. The van der Waals surface area contributed by atoms with Crippen molar-refractivity contribution in [3.8, 4) is 11.6 Å². The molecule has 9 heteroatoms. The number of nitro benzene ring substituents is 1. The maximum Gasteiger partial charge on any atom is 0.273 e. The Morgan fingerprint density at radius 2 is 2.24 bits per heavy atom. The second kappa shape index (κ2) is 4.98. The topological polar surface area (TPSA) is 95.5 Å². The van der Waals surface area contributed by atoms with Gasteiger partial charge >= 0.3 is 0 Å². The molecule has 0 amide bonds. The van der Waals surface area contributed by atoms with Crippen molar-refractivity contribution in [1.82, 2.24) is 19.6 Å². The molecule has 0 atom stereocenters. The van der Waals surface area contributed by atoms with Crippen LogP contribution in [-0.2, 0) is 0 Å². The zero-order chi connectivity index (χ0) is 15.0. The smallest absolute Gasteiger partial charge is 0.273 e. The Morgan fingerprint density at radius 3 is 3.00 bits per heavy atom. The summed E-state index contributed by atoms with van der Waals surface area (Å²) in [7, 11) is 0. The molecule has 0 saturated carbocycles. The second-order valence-corrected chi connectivity index (χ2v) is 4.52. The van der Waals surface area contributed by atoms with E-state index in [0.29, 0.717) is 17.2 Å². The third-order valence-corrected chi connectivity index (χ3v) is 3.16. The van der Waals surface area contributed by atoms with Crippen molar-refractivity contribution >= 4 is 23.1 Å². The van der Waals surface area contributed by atoms with Crippen molar-refractivity contribution in [3.05, 3.63) is 51.4 Å². The van der Waals surface area contributed by atoms with Crippen LogP contribution in [0.1, 0.15) is 5.56 Å². The van der Waals surface area contributed by atoms with Crippen LogP contribution in [0.2, 0.25) is 5.15 Å². The Kier molecular flexibility index (Phi) is 3.15. The van der Waals surface area contributed by atoms with E-state index < -0.39 is 4.92 Å². The van der Waals surface area contributed by atoms with Gasteiger partial charge < -0.3 is 4.74 Å². The lowest BCUT2D eigenvalue weighted by molar-refractivity contribution is -0.384. The molecular formula is C12H8ClN5O3. The molecule has 0 unspecified atom stereocenters. The lowest BCUT2D eigenvalue weighted by atomic mass is 10.3. The fraction of sp³-hybridized carbons (Fsp3) is 0.0833. The van der Waals surface area contributed by atoms with Crippen LogP contribution < -0.4 is 4.74 Å². The van der Waals surface area contributed by atoms with E-state index in [1.807, 2.05) is 0 Å². The first-order chi connectivity index (χ1) is 10.1. The highest BCUT2D eigenvalue weighted by molar-refractivity contribution is 6.30. The Bertz CT molecular complexity index is 848. The first-order valence-corrected chi connectivity index (χ1v) is 6.22. The maximum atomic E-state index is 10.8. The second-order valence-electron chi connectivity index (χ2n) is 4.16. The number of rotatable bonds is 3. The summed E-state index contributed by atoms with van der Waals surface area (Å²) in [4.78, 5) is 18.3. The Balaban J connectivity index is 2.09. The van der Waals surface area contributed by atoms with Crippen molar-refractivity contribution in [2.75, 3.05) is 0 Å². The summed E-state index contributed by atoms with van der Waals surface area (Å²) >= 11 is 6.02. The van der Waals surface area contributed by atoms with Gasteiger partial charge in [-0.25, -0.2) is 0 Å². The summed E-state index contributed by atoms with van der Waals surface area (Å²) in [6, 6.07) is 5.83. The SMILES string of the molecule is Cc1c(Cl)nc2ncnn2c1Oc1cccc([N+](=O)[O-])c1. The Morgan fingerprint density at radius 1 is 1.43 bits per heavy atom. The van der Waals surface area contributed by atoms with Crippen LogP contribution in [0.25, 0.3) is 5.78 Å². The van der Waals surface area contributed by atoms with Crippen LogP contribution in [0, 0.1) is 17.0 Å². The largest absolute Gasteiger partial charge is 0.438 e. The average molecular weight is 306 g/mol. The van der Waals surface area contributed by atoms with Gasteiger partial charge in [-0.3, -0.25) is 10.1 Å². The fourth-order valence-electron chi connectivity index (χ4n) is 1.77. The number of ether oxygens (including phenoxy) is 1. The molecule has 0 bridgehead atoms. The molecule has 0 aliphatic heterocycles. The molecule has 0 aliphatic carbocycles. The van der Waals surface area contributed by atoms with Gasteiger partial charge in [-0.1, -0.05) is 17.7 Å². The highest BCUT2D eigenvalue weighted by atomic mass is 35.5. The van der Waals surface area contributed by atoms with Gasteiger partial charge in [-0.05, 0) is 13.0 Å². The third kappa shape index (κ3) is 2.36. The van der Waals surface area contributed by atoms with Gasteiger partial charge in [0.1, 0.15) is 17.2 Å². The van der Waals surface area contributed by atoms with E-state index in [-0.39, 0.29) is 16.6 Å². The van der Waals surface area contributed by atoms with Gasteiger partial charge in [-0.2, -0.15) is 19.6 Å². The molecule has 0 fully saturated rings.